The number of aromatic nitrogens is 4. The first-order chi connectivity index (χ1) is 9.17. The van der Waals surface area contributed by atoms with Crippen LogP contribution in [0.4, 0.5) is 0 Å². The predicted octanol–water partition coefficient (Wildman–Crippen LogP) is 0.578. The molecule has 0 spiro atoms. The van der Waals surface area contributed by atoms with Crippen LogP contribution in [0.5, 0.6) is 0 Å². The first-order valence-electron chi connectivity index (χ1n) is 5.82. The van der Waals surface area contributed by atoms with E-state index in [4.69, 9.17) is 10.6 Å². The molecule has 7 nitrogen and oxygen atoms in total. The van der Waals surface area contributed by atoms with Gasteiger partial charge in [0.2, 0.25) is 0 Å². The molecule has 0 fully saturated rings. The third-order valence-electron chi connectivity index (χ3n) is 2.84. The molecule has 0 bridgehead atoms. The van der Waals surface area contributed by atoms with Crippen molar-refractivity contribution in [1.82, 2.24) is 25.0 Å². The Morgan fingerprint density at radius 2 is 2.26 bits per heavy atom. The number of nitrogens with two attached hydrogens (primary N) is 1. The van der Waals surface area contributed by atoms with Crippen molar-refractivity contribution in [3.63, 3.8) is 0 Å². The van der Waals surface area contributed by atoms with Gasteiger partial charge in [-0.15, -0.1) is 0 Å². The molecule has 0 aliphatic carbocycles. The van der Waals surface area contributed by atoms with Gasteiger partial charge in [-0.1, -0.05) is 0 Å². The molecule has 0 saturated heterocycles. The third kappa shape index (κ3) is 3.03. The fraction of sp³-hybridized carbons (Fsp3) is 0.455. The summed E-state index contributed by atoms with van der Waals surface area (Å²) in [4.78, 5) is 0. The summed E-state index contributed by atoms with van der Waals surface area (Å²) in [7, 11) is 3.53. The van der Waals surface area contributed by atoms with E-state index in [0.29, 0.717) is 13.2 Å². The van der Waals surface area contributed by atoms with E-state index in [-0.39, 0.29) is 6.04 Å². The molecule has 19 heavy (non-hydrogen) atoms. The highest BCUT2D eigenvalue weighted by Gasteiger charge is 2.22. The minimum atomic E-state index is -0.178. The number of hydrogen-bond donors (Lipinski definition) is 2. The lowest BCUT2D eigenvalue weighted by molar-refractivity contribution is 0.182. The predicted molar refractivity (Wildman–Crippen MR) is 74.2 cm³/mol. The standard InChI is InChI=1S/C11H17BrN6O/c1-17-7-8(5-14-17)10(16-13)11-9(12)6-15-18(11)3-4-19-2/h5-7,10,16H,3-4,13H2,1-2H3. The van der Waals surface area contributed by atoms with Gasteiger partial charge < -0.3 is 4.74 Å². The second-order valence-electron chi connectivity index (χ2n) is 4.14. The Morgan fingerprint density at radius 3 is 2.84 bits per heavy atom. The van der Waals surface area contributed by atoms with Crippen LogP contribution in [0.2, 0.25) is 0 Å². The smallest absolute Gasteiger partial charge is 0.0920 e. The first kappa shape index (κ1) is 14.2. The second kappa shape index (κ2) is 6.29. The van der Waals surface area contributed by atoms with Crippen LogP contribution >= 0.6 is 15.9 Å². The van der Waals surface area contributed by atoms with Gasteiger partial charge in [0.1, 0.15) is 0 Å². The lowest BCUT2D eigenvalue weighted by atomic mass is 10.1. The van der Waals surface area contributed by atoms with Gasteiger partial charge in [0, 0.05) is 25.9 Å². The minimum Gasteiger partial charge on any atom is -0.383 e. The molecule has 8 heteroatoms. The number of aryl methyl sites for hydroxylation is 1. The van der Waals surface area contributed by atoms with Gasteiger partial charge in [-0.25, -0.2) is 5.43 Å². The lowest BCUT2D eigenvalue weighted by Crippen LogP contribution is -2.31. The van der Waals surface area contributed by atoms with E-state index < -0.39 is 0 Å². The van der Waals surface area contributed by atoms with Gasteiger partial charge in [0.15, 0.2) is 0 Å². The Labute approximate surface area is 119 Å². The highest BCUT2D eigenvalue weighted by molar-refractivity contribution is 9.10. The molecule has 0 aliphatic rings. The van der Waals surface area contributed by atoms with E-state index in [0.717, 1.165) is 15.7 Å². The van der Waals surface area contributed by atoms with Crippen LogP contribution < -0.4 is 11.3 Å². The Balaban J connectivity index is 2.34. The average molecular weight is 329 g/mol. The fourth-order valence-electron chi connectivity index (χ4n) is 1.94. The molecule has 2 heterocycles. The van der Waals surface area contributed by atoms with E-state index in [9.17, 15) is 0 Å². The van der Waals surface area contributed by atoms with Crippen molar-refractivity contribution in [2.45, 2.75) is 12.6 Å². The van der Waals surface area contributed by atoms with Crippen molar-refractivity contribution in [3.05, 3.63) is 34.3 Å². The number of methoxy groups -OCH3 is 1. The summed E-state index contributed by atoms with van der Waals surface area (Å²) in [6.45, 7) is 1.25. The van der Waals surface area contributed by atoms with Crippen molar-refractivity contribution in [3.8, 4) is 0 Å². The summed E-state index contributed by atoms with van der Waals surface area (Å²) < 4.78 is 9.59. The SMILES string of the molecule is COCCn1ncc(Br)c1C(NN)c1cnn(C)c1. The monoisotopic (exact) mass is 328 g/mol. The van der Waals surface area contributed by atoms with Crippen molar-refractivity contribution in [1.29, 1.82) is 0 Å². The molecule has 0 aliphatic heterocycles. The van der Waals surface area contributed by atoms with Crippen LogP contribution in [-0.4, -0.2) is 33.3 Å². The molecule has 1 unspecified atom stereocenters. The molecule has 0 radical (unpaired) electrons. The van der Waals surface area contributed by atoms with Crippen molar-refractivity contribution in [2.75, 3.05) is 13.7 Å². The second-order valence-corrected chi connectivity index (χ2v) is 5.00. The molecule has 3 N–H and O–H groups in total. The number of ether oxygens (including phenoxy) is 1. The summed E-state index contributed by atoms with van der Waals surface area (Å²) in [6, 6.07) is -0.178. The van der Waals surface area contributed by atoms with Gasteiger partial charge in [-0.05, 0) is 15.9 Å². The van der Waals surface area contributed by atoms with Crippen LogP contribution in [-0.2, 0) is 18.3 Å². The van der Waals surface area contributed by atoms with Gasteiger partial charge in [-0.3, -0.25) is 15.2 Å². The topological polar surface area (TPSA) is 82.9 Å². The van der Waals surface area contributed by atoms with Crippen molar-refractivity contribution >= 4 is 15.9 Å². The van der Waals surface area contributed by atoms with Crippen LogP contribution in [0.15, 0.2) is 23.1 Å². The quantitative estimate of drug-likeness (QED) is 0.598. The van der Waals surface area contributed by atoms with Crippen molar-refractivity contribution in [2.24, 2.45) is 12.9 Å². The highest BCUT2D eigenvalue weighted by Crippen LogP contribution is 2.27. The van der Waals surface area contributed by atoms with E-state index >= 15 is 0 Å². The van der Waals surface area contributed by atoms with Crippen molar-refractivity contribution < 1.29 is 4.74 Å². The van der Waals surface area contributed by atoms with Crippen LogP contribution in [0.25, 0.3) is 0 Å². The Kier molecular flexibility index (Phi) is 4.70. The number of rotatable bonds is 6. The zero-order valence-electron chi connectivity index (χ0n) is 10.9. The average Bonchev–Trinajstić information content (AvgIpc) is 2.97. The molecule has 2 aromatic rings. The largest absolute Gasteiger partial charge is 0.383 e. The molecule has 2 aromatic heterocycles. The zero-order chi connectivity index (χ0) is 13.8. The zero-order valence-corrected chi connectivity index (χ0v) is 12.5. The Bertz CT molecular complexity index is 537. The summed E-state index contributed by atoms with van der Waals surface area (Å²) in [5.41, 5.74) is 4.73. The van der Waals surface area contributed by atoms with E-state index in [1.165, 1.54) is 0 Å². The summed E-state index contributed by atoms with van der Waals surface area (Å²) in [5, 5.41) is 8.49. The maximum atomic E-state index is 5.69. The highest BCUT2D eigenvalue weighted by atomic mass is 79.9. The molecule has 1 atom stereocenters. The van der Waals surface area contributed by atoms with Gasteiger partial charge in [0.25, 0.3) is 0 Å². The maximum absolute atomic E-state index is 5.69. The Hall–Kier alpha value is -1.22. The molecular weight excluding hydrogens is 312 g/mol. The van der Waals surface area contributed by atoms with Gasteiger partial charge in [-0.2, -0.15) is 10.2 Å². The lowest BCUT2D eigenvalue weighted by Gasteiger charge is -2.17. The van der Waals surface area contributed by atoms with Crippen LogP contribution in [0.1, 0.15) is 17.3 Å². The third-order valence-corrected chi connectivity index (χ3v) is 3.45. The molecule has 2 rings (SSSR count). The van der Waals surface area contributed by atoms with E-state index in [1.54, 1.807) is 24.2 Å². The summed E-state index contributed by atoms with van der Waals surface area (Å²) >= 11 is 3.51. The normalized spacial score (nSPS) is 12.8. The number of nitrogens with zero attached hydrogens (tertiary/aromatic N) is 4. The van der Waals surface area contributed by atoms with Gasteiger partial charge >= 0.3 is 0 Å². The van der Waals surface area contributed by atoms with E-state index in [1.807, 2.05) is 17.9 Å². The molecule has 0 saturated carbocycles. The number of hydrogen-bond acceptors (Lipinski definition) is 5. The molecule has 0 amide bonds. The molecule has 104 valence electrons. The first-order valence-corrected chi connectivity index (χ1v) is 6.61. The molecule has 0 aromatic carbocycles. The minimum absolute atomic E-state index is 0.178. The number of nitrogens with one attached hydrogen (secondary N) is 1. The molecular formula is C11H17BrN6O. The fourth-order valence-corrected chi connectivity index (χ4v) is 2.46. The maximum Gasteiger partial charge on any atom is 0.0920 e. The van der Waals surface area contributed by atoms with Crippen LogP contribution in [0, 0.1) is 0 Å². The summed E-state index contributed by atoms with van der Waals surface area (Å²) in [5.74, 6) is 5.69. The Morgan fingerprint density at radius 1 is 1.47 bits per heavy atom. The van der Waals surface area contributed by atoms with E-state index in [2.05, 4.69) is 31.6 Å². The van der Waals surface area contributed by atoms with Crippen LogP contribution in [0.3, 0.4) is 0 Å². The number of hydrazine groups is 1. The summed E-state index contributed by atoms with van der Waals surface area (Å²) in [6.07, 6.45) is 5.46. The number of halogens is 1. The van der Waals surface area contributed by atoms with Gasteiger partial charge in [0.05, 0.1) is 41.8 Å².